The summed E-state index contributed by atoms with van der Waals surface area (Å²) in [5.74, 6) is 0. The van der Waals surface area contributed by atoms with Gasteiger partial charge in [-0.25, -0.2) is 13.8 Å². The number of hydrogen-bond donors (Lipinski definition) is 1. The van der Waals surface area contributed by atoms with Crippen LogP contribution in [-0.2, 0) is 6.54 Å². The van der Waals surface area contributed by atoms with Gasteiger partial charge in [0.1, 0.15) is 11.8 Å². The van der Waals surface area contributed by atoms with Crippen LogP contribution >= 0.6 is 0 Å². The Morgan fingerprint density at radius 2 is 2.33 bits per heavy atom. The molecule has 0 bridgehead atoms. The Labute approximate surface area is 84.3 Å². The van der Waals surface area contributed by atoms with Crippen LogP contribution in [0, 0.1) is 11.3 Å². The summed E-state index contributed by atoms with van der Waals surface area (Å²) in [4.78, 5) is 14.2. The van der Waals surface area contributed by atoms with Crippen LogP contribution in [0.2, 0.25) is 0 Å². The van der Waals surface area contributed by atoms with Crippen LogP contribution in [0.15, 0.2) is 6.20 Å². The van der Waals surface area contributed by atoms with Crippen molar-refractivity contribution >= 4 is 6.29 Å². The minimum atomic E-state index is -2.81. The summed E-state index contributed by atoms with van der Waals surface area (Å²) in [6.07, 6.45) is -1.71. The Morgan fingerprint density at radius 3 is 2.73 bits per heavy atom. The fraction of sp³-hybridized carbons (Fsp3) is 0.222. The minimum Gasteiger partial charge on any atom is -0.326 e. The zero-order chi connectivity index (χ0) is 11.4. The summed E-state index contributed by atoms with van der Waals surface area (Å²) in [6, 6.07) is 1.69. The third kappa shape index (κ3) is 1.97. The molecular formula is C9H7F2N3O. The third-order valence-corrected chi connectivity index (χ3v) is 1.92. The number of carbonyl (C=O) groups excluding carboxylic acids is 1. The average molecular weight is 211 g/mol. The number of aldehydes is 1. The topological polar surface area (TPSA) is 79.8 Å². The Balaban J connectivity index is 3.49. The SMILES string of the molecule is N#Cc1ncc(C(F)F)c(C=O)c1CN. The smallest absolute Gasteiger partial charge is 0.266 e. The van der Waals surface area contributed by atoms with E-state index in [2.05, 4.69) is 4.98 Å². The van der Waals surface area contributed by atoms with E-state index in [-0.39, 0.29) is 29.7 Å². The van der Waals surface area contributed by atoms with E-state index in [9.17, 15) is 13.6 Å². The quantitative estimate of drug-likeness (QED) is 0.761. The van der Waals surface area contributed by atoms with Gasteiger partial charge in [0.25, 0.3) is 6.43 Å². The molecule has 0 aliphatic heterocycles. The fourth-order valence-corrected chi connectivity index (χ4v) is 1.20. The van der Waals surface area contributed by atoms with Crippen molar-refractivity contribution in [2.75, 3.05) is 0 Å². The molecule has 15 heavy (non-hydrogen) atoms. The summed E-state index contributed by atoms with van der Waals surface area (Å²) < 4.78 is 24.9. The summed E-state index contributed by atoms with van der Waals surface area (Å²) >= 11 is 0. The molecule has 1 aromatic heterocycles. The first-order valence-corrected chi connectivity index (χ1v) is 4.01. The zero-order valence-corrected chi connectivity index (χ0v) is 7.58. The van der Waals surface area contributed by atoms with E-state index >= 15 is 0 Å². The molecule has 0 aliphatic carbocycles. The highest BCUT2D eigenvalue weighted by Gasteiger charge is 2.18. The molecule has 78 valence electrons. The van der Waals surface area contributed by atoms with Gasteiger partial charge >= 0.3 is 0 Å². The van der Waals surface area contributed by atoms with Gasteiger partial charge in [0.05, 0.1) is 0 Å². The molecule has 0 saturated carbocycles. The first-order chi connectivity index (χ1) is 7.15. The lowest BCUT2D eigenvalue weighted by Gasteiger charge is -2.08. The third-order valence-electron chi connectivity index (χ3n) is 1.92. The highest BCUT2D eigenvalue weighted by atomic mass is 19.3. The van der Waals surface area contributed by atoms with Crippen molar-refractivity contribution < 1.29 is 13.6 Å². The predicted octanol–water partition coefficient (Wildman–Crippen LogP) is 1.16. The molecule has 0 saturated heterocycles. The van der Waals surface area contributed by atoms with E-state index in [0.29, 0.717) is 0 Å². The van der Waals surface area contributed by atoms with Crippen molar-refractivity contribution in [2.45, 2.75) is 13.0 Å². The number of aromatic nitrogens is 1. The van der Waals surface area contributed by atoms with Crippen molar-refractivity contribution in [1.29, 1.82) is 5.26 Å². The van der Waals surface area contributed by atoms with Crippen LogP contribution in [0.1, 0.15) is 33.6 Å². The monoisotopic (exact) mass is 211 g/mol. The standard InChI is InChI=1S/C9H7F2N3O/c10-9(11)6-3-14-8(2-13)5(1-12)7(6)4-15/h3-4,9H,1,12H2. The van der Waals surface area contributed by atoms with Gasteiger partial charge < -0.3 is 5.73 Å². The first kappa shape index (κ1) is 11.2. The van der Waals surface area contributed by atoms with Crippen molar-refractivity contribution in [1.82, 2.24) is 4.98 Å². The van der Waals surface area contributed by atoms with E-state index < -0.39 is 12.0 Å². The second-order valence-corrected chi connectivity index (χ2v) is 2.69. The molecule has 1 heterocycles. The van der Waals surface area contributed by atoms with Crippen molar-refractivity contribution in [3.05, 3.63) is 28.6 Å². The van der Waals surface area contributed by atoms with Crippen LogP contribution in [-0.4, -0.2) is 11.3 Å². The van der Waals surface area contributed by atoms with E-state index in [1.54, 1.807) is 6.07 Å². The van der Waals surface area contributed by atoms with Gasteiger partial charge in [0.15, 0.2) is 6.29 Å². The van der Waals surface area contributed by atoms with Gasteiger partial charge in [0.2, 0.25) is 0 Å². The molecule has 0 fully saturated rings. The summed E-state index contributed by atoms with van der Waals surface area (Å²) in [6.45, 7) is -0.176. The molecule has 4 nitrogen and oxygen atoms in total. The van der Waals surface area contributed by atoms with E-state index in [1.165, 1.54) is 0 Å². The molecular weight excluding hydrogens is 204 g/mol. The van der Waals surface area contributed by atoms with Crippen LogP contribution < -0.4 is 5.73 Å². The molecule has 0 atom stereocenters. The molecule has 0 aromatic carbocycles. The number of halogens is 2. The van der Waals surface area contributed by atoms with Crippen molar-refractivity contribution in [3.63, 3.8) is 0 Å². The van der Waals surface area contributed by atoms with Gasteiger partial charge in [-0.3, -0.25) is 4.79 Å². The minimum absolute atomic E-state index is 0.0605. The number of hydrogen-bond acceptors (Lipinski definition) is 4. The number of nitrogens with two attached hydrogens (primary N) is 1. The predicted molar refractivity (Wildman–Crippen MR) is 47.2 cm³/mol. The van der Waals surface area contributed by atoms with Crippen LogP contribution in [0.25, 0.3) is 0 Å². The lowest BCUT2D eigenvalue weighted by atomic mass is 10.0. The number of rotatable bonds is 3. The van der Waals surface area contributed by atoms with Gasteiger partial charge in [-0.1, -0.05) is 0 Å². The average Bonchev–Trinajstić information content (AvgIpc) is 2.26. The maximum absolute atomic E-state index is 12.4. The zero-order valence-electron chi connectivity index (χ0n) is 7.58. The fourth-order valence-electron chi connectivity index (χ4n) is 1.20. The second kappa shape index (κ2) is 4.57. The molecule has 0 radical (unpaired) electrons. The summed E-state index contributed by atoms with van der Waals surface area (Å²) in [7, 11) is 0. The highest BCUT2D eigenvalue weighted by molar-refractivity contribution is 5.80. The number of nitriles is 1. The second-order valence-electron chi connectivity index (χ2n) is 2.69. The normalized spacial score (nSPS) is 10.1. The van der Waals surface area contributed by atoms with Gasteiger partial charge in [0, 0.05) is 29.4 Å². The van der Waals surface area contributed by atoms with Crippen molar-refractivity contribution in [2.24, 2.45) is 5.73 Å². The molecule has 1 rings (SSSR count). The molecule has 6 heteroatoms. The van der Waals surface area contributed by atoms with E-state index in [0.717, 1.165) is 6.20 Å². The molecule has 0 aliphatic rings. The lowest BCUT2D eigenvalue weighted by Crippen LogP contribution is -2.09. The molecule has 0 amide bonds. The Hall–Kier alpha value is -1.87. The van der Waals surface area contributed by atoms with Crippen molar-refractivity contribution in [3.8, 4) is 6.07 Å². The number of carbonyl (C=O) groups is 1. The summed E-state index contributed by atoms with van der Waals surface area (Å²) in [5, 5.41) is 8.63. The van der Waals surface area contributed by atoms with Crippen LogP contribution in [0.5, 0.6) is 0 Å². The van der Waals surface area contributed by atoms with E-state index in [1.807, 2.05) is 0 Å². The highest BCUT2D eigenvalue weighted by Crippen LogP contribution is 2.24. The Kier molecular flexibility index (Phi) is 3.42. The van der Waals surface area contributed by atoms with Crippen LogP contribution in [0.3, 0.4) is 0 Å². The summed E-state index contributed by atoms with van der Waals surface area (Å²) in [5.41, 5.74) is 4.51. The first-order valence-electron chi connectivity index (χ1n) is 4.01. The molecule has 0 spiro atoms. The molecule has 0 unspecified atom stereocenters. The Bertz CT molecular complexity index is 426. The van der Waals surface area contributed by atoms with Crippen LogP contribution in [0.4, 0.5) is 8.78 Å². The molecule has 2 N–H and O–H groups in total. The maximum Gasteiger partial charge on any atom is 0.266 e. The Morgan fingerprint density at radius 1 is 1.67 bits per heavy atom. The number of alkyl halides is 2. The van der Waals surface area contributed by atoms with Gasteiger partial charge in [-0.15, -0.1) is 0 Å². The van der Waals surface area contributed by atoms with Gasteiger partial charge in [-0.05, 0) is 0 Å². The maximum atomic E-state index is 12.4. The lowest BCUT2D eigenvalue weighted by molar-refractivity contribution is 0.110. The largest absolute Gasteiger partial charge is 0.326 e. The number of pyridine rings is 1. The molecule has 1 aromatic rings. The number of nitrogens with zero attached hydrogens (tertiary/aromatic N) is 2. The van der Waals surface area contributed by atoms with E-state index in [4.69, 9.17) is 11.0 Å². The van der Waals surface area contributed by atoms with Gasteiger partial charge in [-0.2, -0.15) is 5.26 Å².